The Morgan fingerprint density at radius 3 is 2.60 bits per heavy atom. The van der Waals surface area contributed by atoms with Crippen LogP contribution in [0.4, 0.5) is 17.5 Å². The molecule has 0 saturated carbocycles. The number of hydrogen-bond donors (Lipinski definition) is 2. The maximum absolute atomic E-state index is 10.9. The van der Waals surface area contributed by atoms with E-state index in [1.807, 2.05) is 41.7 Å². The number of nitrogens with two attached hydrogens (primary N) is 1. The minimum atomic E-state index is -0.541. The molecule has 3 heterocycles. The summed E-state index contributed by atoms with van der Waals surface area (Å²) in [4.78, 5) is 26.1. The lowest BCUT2D eigenvalue weighted by Crippen LogP contribution is -2.11. The number of anilines is 2. The van der Waals surface area contributed by atoms with Crippen LogP contribution in [0.1, 0.15) is 17.8 Å². The van der Waals surface area contributed by atoms with Crippen molar-refractivity contribution >= 4 is 46.3 Å². The predicted octanol–water partition coefficient (Wildman–Crippen LogP) is 4.69. The molecule has 35 heavy (non-hydrogen) atoms. The smallest absolute Gasteiger partial charge is 0.311 e. The van der Waals surface area contributed by atoms with Gasteiger partial charge in [0.2, 0.25) is 11.8 Å². The van der Waals surface area contributed by atoms with E-state index >= 15 is 0 Å². The largest absolute Gasteiger partial charge is 0.378 e. The highest BCUT2D eigenvalue weighted by atomic mass is 35.5. The van der Waals surface area contributed by atoms with Crippen molar-refractivity contribution in [2.24, 2.45) is 0 Å². The number of fused-ring (bicyclic) bond motifs is 1. The zero-order valence-corrected chi connectivity index (χ0v) is 20.7. The van der Waals surface area contributed by atoms with Crippen LogP contribution in [-0.4, -0.2) is 49.8 Å². The van der Waals surface area contributed by atoms with Crippen LogP contribution in [-0.2, 0) is 13.0 Å². The van der Waals surface area contributed by atoms with Crippen molar-refractivity contribution in [1.29, 1.82) is 0 Å². The number of nitrogens with zero attached hydrogens (tertiary/aromatic N) is 6. The molecule has 4 aromatic rings. The summed E-state index contributed by atoms with van der Waals surface area (Å²) in [6, 6.07) is 10.2. The number of pyridine rings is 1. The van der Waals surface area contributed by atoms with Gasteiger partial charge in [0.25, 0.3) is 0 Å². The Kier molecular flexibility index (Phi) is 7.34. The minimum Gasteiger partial charge on any atom is -0.378 e. The van der Waals surface area contributed by atoms with Crippen LogP contribution in [0, 0.1) is 10.1 Å². The fraction of sp³-hybridized carbons (Fsp3) is 0.261. The monoisotopic (exact) mass is 514 g/mol. The molecule has 0 fully saturated rings. The quantitative estimate of drug-likeness (QED) is 0.187. The number of imidazole rings is 1. The van der Waals surface area contributed by atoms with Crippen molar-refractivity contribution in [3.05, 3.63) is 74.1 Å². The molecule has 0 aliphatic carbocycles. The Morgan fingerprint density at radius 2 is 1.91 bits per heavy atom. The number of nitrogens with one attached hydrogen (secondary N) is 1. The summed E-state index contributed by atoms with van der Waals surface area (Å²) in [5.74, 6) is 0.542. The molecular weight excluding hydrogens is 491 g/mol. The lowest BCUT2D eigenvalue weighted by atomic mass is 10.1. The number of benzene rings is 1. The second kappa shape index (κ2) is 10.4. The Balaban J connectivity index is 1.57. The van der Waals surface area contributed by atoms with Gasteiger partial charge >= 0.3 is 5.69 Å². The molecule has 0 atom stereocenters. The van der Waals surface area contributed by atoms with Crippen molar-refractivity contribution in [2.75, 3.05) is 31.7 Å². The van der Waals surface area contributed by atoms with Gasteiger partial charge in [0.15, 0.2) is 0 Å². The molecule has 0 unspecified atom stereocenters. The molecule has 1 aromatic carbocycles. The van der Waals surface area contributed by atoms with Gasteiger partial charge in [-0.3, -0.25) is 14.5 Å². The number of nitro groups is 1. The van der Waals surface area contributed by atoms with E-state index in [0.717, 1.165) is 16.9 Å². The van der Waals surface area contributed by atoms with Gasteiger partial charge in [-0.25, -0.2) is 15.0 Å². The molecule has 182 valence electrons. The molecule has 0 aliphatic heterocycles. The van der Waals surface area contributed by atoms with Crippen LogP contribution >= 0.6 is 23.2 Å². The zero-order chi connectivity index (χ0) is 25.1. The highest BCUT2D eigenvalue weighted by Gasteiger charge is 2.15. The van der Waals surface area contributed by atoms with Crippen LogP contribution in [0.15, 0.2) is 42.6 Å². The standard InChI is InChI=1S/C23H24Cl2N8O2/c1-31(2)12-16-13-32-21(28-16)11-19(17-7-5-14(24)10-18(17)25)30-23(32)27-9-3-4-15-6-8-20(33(34)35)22(26)29-15/h5-8,10-11,13H,3-4,9,12H2,1-2H3,(H2,26,29)(H,27,30). The van der Waals surface area contributed by atoms with Crippen LogP contribution in [0.25, 0.3) is 16.9 Å². The average molecular weight is 515 g/mol. The van der Waals surface area contributed by atoms with E-state index in [9.17, 15) is 10.1 Å². The molecule has 0 radical (unpaired) electrons. The Bertz CT molecular complexity index is 1390. The lowest BCUT2D eigenvalue weighted by molar-refractivity contribution is -0.384. The van der Waals surface area contributed by atoms with E-state index in [4.69, 9.17) is 38.9 Å². The van der Waals surface area contributed by atoms with E-state index < -0.39 is 4.92 Å². The second-order valence-electron chi connectivity index (χ2n) is 8.28. The molecule has 12 heteroatoms. The first-order valence-electron chi connectivity index (χ1n) is 10.8. The molecule has 3 N–H and O–H groups in total. The highest BCUT2D eigenvalue weighted by molar-refractivity contribution is 6.36. The third kappa shape index (κ3) is 5.79. The summed E-state index contributed by atoms with van der Waals surface area (Å²) < 4.78 is 1.91. The SMILES string of the molecule is CN(C)Cc1cn2c(NCCCc3ccc([N+](=O)[O-])c(N)n3)nc(-c3ccc(Cl)cc3Cl)cc2n1. The van der Waals surface area contributed by atoms with Crippen molar-refractivity contribution < 1.29 is 4.92 Å². The van der Waals surface area contributed by atoms with E-state index in [2.05, 4.69) is 10.3 Å². The second-order valence-corrected chi connectivity index (χ2v) is 9.13. The number of aryl methyl sites for hydroxylation is 1. The number of nitrogen functional groups attached to an aromatic ring is 1. The highest BCUT2D eigenvalue weighted by Crippen LogP contribution is 2.31. The normalized spacial score (nSPS) is 11.3. The molecule has 10 nitrogen and oxygen atoms in total. The lowest BCUT2D eigenvalue weighted by Gasteiger charge is -2.11. The first-order chi connectivity index (χ1) is 16.7. The van der Waals surface area contributed by atoms with Crippen LogP contribution < -0.4 is 11.1 Å². The Labute approximate surface area is 211 Å². The van der Waals surface area contributed by atoms with E-state index in [1.165, 1.54) is 6.07 Å². The van der Waals surface area contributed by atoms with Crippen molar-refractivity contribution in [3.63, 3.8) is 0 Å². The van der Waals surface area contributed by atoms with Gasteiger partial charge in [-0.05, 0) is 51.2 Å². The first kappa shape index (κ1) is 24.6. The van der Waals surface area contributed by atoms with E-state index in [-0.39, 0.29) is 11.5 Å². The Morgan fingerprint density at radius 1 is 1.11 bits per heavy atom. The molecule has 3 aromatic heterocycles. The number of halogens is 2. The van der Waals surface area contributed by atoms with Gasteiger partial charge in [0.1, 0.15) is 5.65 Å². The number of hydrogen-bond acceptors (Lipinski definition) is 8. The fourth-order valence-electron chi connectivity index (χ4n) is 3.67. The fourth-order valence-corrected chi connectivity index (χ4v) is 4.18. The van der Waals surface area contributed by atoms with Gasteiger partial charge in [-0.15, -0.1) is 0 Å². The third-order valence-corrected chi connectivity index (χ3v) is 5.79. The maximum atomic E-state index is 10.9. The summed E-state index contributed by atoms with van der Waals surface area (Å²) in [6.07, 6.45) is 3.26. The van der Waals surface area contributed by atoms with Crippen LogP contribution in [0.5, 0.6) is 0 Å². The average Bonchev–Trinajstić information content (AvgIpc) is 3.18. The van der Waals surface area contributed by atoms with Gasteiger partial charge in [0.05, 0.1) is 21.3 Å². The van der Waals surface area contributed by atoms with Crippen LogP contribution in [0.3, 0.4) is 0 Å². The molecule has 0 spiro atoms. The number of aromatic nitrogens is 4. The van der Waals surface area contributed by atoms with Gasteiger partial charge in [0, 0.05) is 47.7 Å². The molecule has 4 rings (SSSR count). The third-order valence-electron chi connectivity index (χ3n) is 5.24. The van der Waals surface area contributed by atoms with Gasteiger partial charge in [-0.2, -0.15) is 0 Å². The summed E-state index contributed by atoms with van der Waals surface area (Å²) >= 11 is 12.5. The number of rotatable bonds is 9. The zero-order valence-electron chi connectivity index (χ0n) is 19.2. The van der Waals surface area contributed by atoms with Crippen molar-refractivity contribution in [1.82, 2.24) is 24.3 Å². The summed E-state index contributed by atoms with van der Waals surface area (Å²) in [7, 11) is 3.97. The van der Waals surface area contributed by atoms with Crippen molar-refractivity contribution in [2.45, 2.75) is 19.4 Å². The van der Waals surface area contributed by atoms with Crippen LogP contribution in [0.2, 0.25) is 10.0 Å². The molecule has 0 saturated heterocycles. The summed E-state index contributed by atoms with van der Waals surface area (Å²) in [6.45, 7) is 1.27. The summed E-state index contributed by atoms with van der Waals surface area (Å²) in [5, 5.41) is 15.4. The van der Waals surface area contributed by atoms with Gasteiger partial charge in [-0.1, -0.05) is 23.2 Å². The van der Waals surface area contributed by atoms with Crippen molar-refractivity contribution in [3.8, 4) is 11.3 Å². The molecule has 0 aliphatic rings. The molecular formula is C23H24Cl2N8O2. The minimum absolute atomic E-state index is 0.0804. The molecule has 0 amide bonds. The first-order valence-corrected chi connectivity index (χ1v) is 11.6. The predicted molar refractivity (Wildman–Crippen MR) is 138 cm³/mol. The van der Waals surface area contributed by atoms with Gasteiger partial charge < -0.3 is 16.0 Å². The molecule has 0 bridgehead atoms. The maximum Gasteiger partial charge on any atom is 0.311 e. The van der Waals surface area contributed by atoms with E-state index in [0.29, 0.717) is 53.3 Å². The summed E-state index contributed by atoms with van der Waals surface area (Å²) in [5.41, 5.74) is 9.27. The topological polar surface area (TPSA) is 128 Å². The van der Waals surface area contributed by atoms with E-state index in [1.54, 1.807) is 18.2 Å². The Hall–Kier alpha value is -3.47.